The van der Waals surface area contributed by atoms with E-state index >= 15 is 0 Å². The summed E-state index contributed by atoms with van der Waals surface area (Å²) in [6.07, 6.45) is 7.29. The number of piperidine rings is 1. The number of nitrogens with zero attached hydrogens (tertiary/aromatic N) is 3. The first-order chi connectivity index (χ1) is 11.6. The van der Waals surface area contributed by atoms with Crippen LogP contribution < -0.4 is 5.32 Å². The highest BCUT2D eigenvalue weighted by Crippen LogP contribution is 2.43. The number of rotatable bonds is 2. The summed E-state index contributed by atoms with van der Waals surface area (Å²) in [7, 11) is 1.88. The van der Waals surface area contributed by atoms with Crippen LogP contribution in [0.3, 0.4) is 0 Å². The molecule has 2 fully saturated rings. The van der Waals surface area contributed by atoms with Crippen LogP contribution in [-0.4, -0.2) is 45.1 Å². The summed E-state index contributed by atoms with van der Waals surface area (Å²) in [6, 6.07) is 3.40. The molecular weight excluding hydrogens is 308 g/mol. The van der Waals surface area contributed by atoms with Crippen molar-refractivity contribution in [1.29, 1.82) is 0 Å². The van der Waals surface area contributed by atoms with Gasteiger partial charge in [-0.3, -0.25) is 14.3 Å². The zero-order chi connectivity index (χ0) is 16.7. The lowest BCUT2D eigenvalue weighted by molar-refractivity contribution is -0.120. The molecule has 2 amide bonds. The van der Waals surface area contributed by atoms with Crippen molar-refractivity contribution < 1.29 is 14.0 Å². The highest BCUT2D eigenvalue weighted by atomic mass is 16.3. The van der Waals surface area contributed by atoms with Gasteiger partial charge in [0.05, 0.1) is 18.0 Å². The van der Waals surface area contributed by atoms with Gasteiger partial charge in [0.25, 0.3) is 5.91 Å². The van der Waals surface area contributed by atoms with Crippen LogP contribution in [0.25, 0.3) is 0 Å². The predicted molar refractivity (Wildman–Crippen MR) is 85.3 cm³/mol. The van der Waals surface area contributed by atoms with Gasteiger partial charge >= 0.3 is 0 Å². The maximum absolute atomic E-state index is 12.4. The van der Waals surface area contributed by atoms with E-state index in [1.54, 1.807) is 21.7 Å². The van der Waals surface area contributed by atoms with Gasteiger partial charge in [0.1, 0.15) is 0 Å². The number of aromatic nitrogens is 2. The van der Waals surface area contributed by atoms with E-state index in [4.69, 9.17) is 4.42 Å². The molecule has 7 heteroatoms. The smallest absolute Gasteiger partial charge is 0.289 e. The van der Waals surface area contributed by atoms with Crippen LogP contribution in [-0.2, 0) is 11.8 Å². The molecule has 4 rings (SSSR count). The zero-order valence-electron chi connectivity index (χ0n) is 13.6. The predicted octanol–water partition coefficient (Wildman–Crippen LogP) is 1.29. The van der Waals surface area contributed by atoms with Crippen molar-refractivity contribution in [2.24, 2.45) is 7.05 Å². The second-order valence-corrected chi connectivity index (χ2v) is 6.68. The minimum absolute atomic E-state index is 0.0784. The minimum atomic E-state index is -0.278. The van der Waals surface area contributed by atoms with E-state index in [2.05, 4.69) is 10.4 Å². The Bertz CT molecular complexity index is 757. The van der Waals surface area contributed by atoms with Crippen molar-refractivity contribution in [3.8, 4) is 0 Å². The van der Waals surface area contributed by atoms with Crippen molar-refractivity contribution in [1.82, 2.24) is 20.0 Å². The number of amides is 2. The molecule has 0 aromatic carbocycles. The third-order valence-electron chi connectivity index (χ3n) is 5.25. The van der Waals surface area contributed by atoms with E-state index < -0.39 is 0 Å². The van der Waals surface area contributed by atoms with Gasteiger partial charge in [-0.2, -0.15) is 5.10 Å². The van der Waals surface area contributed by atoms with Crippen molar-refractivity contribution in [3.63, 3.8) is 0 Å². The van der Waals surface area contributed by atoms with Crippen molar-refractivity contribution in [2.45, 2.75) is 30.7 Å². The Morgan fingerprint density at radius 1 is 1.42 bits per heavy atom. The normalized spacial score (nSPS) is 22.8. The maximum atomic E-state index is 12.4. The first kappa shape index (κ1) is 15.0. The summed E-state index contributed by atoms with van der Waals surface area (Å²) >= 11 is 0. The summed E-state index contributed by atoms with van der Waals surface area (Å²) in [5.41, 5.74) is 0.807. The molecule has 2 aromatic heterocycles. The van der Waals surface area contributed by atoms with E-state index in [1.807, 2.05) is 19.4 Å². The van der Waals surface area contributed by atoms with E-state index in [-0.39, 0.29) is 23.3 Å². The molecule has 126 valence electrons. The number of nitrogens with one attached hydrogen (secondary N) is 1. The molecule has 1 spiro atoms. The summed E-state index contributed by atoms with van der Waals surface area (Å²) in [6.45, 7) is 1.22. The number of hydrogen-bond acceptors (Lipinski definition) is 4. The van der Waals surface area contributed by atoms with E-state index in [0.29, 0.717) is 25.3 Å². The zero-order valence-corrected chi connectivity index (χ0v) is 13.6. The average Bonchev–Trinajstić information content (AvgIpc) is 3.28. The number of furan rings is 1. The van der Waals surface area contributed by atoms with Crippen LogP contribution in [0.2, 0.25) is 0 Å². The molecule has 24 heavy (non-hydrogen) atoms. The molecule has 7 nitrogen and oxygen atoms in total. The van der Waals surface area contributed by atoms with E-state index in [9.17, 15) is 9.59 Å². The second kappa shape index (κ2) is 5.51. The SMILES string of the molecule is Cn1cc([C@H]2CC(=O)NC23CCN(C(=O)c2ccco2)CC3)cn1. The Labute approximate surface area is 139 Å². The molecule has 2 aliphatic heterocycles. The monoisotopic (exact) mass is 328 g/mol. The lowest BCUT2D eigenvalue weighted by Crippen LogP contribution is -2.54. The Morgan fingerprint density at radius 3 is 2.83 bits per heavy atom. The second-order valence-electron chi connectivity index (χ2n) is 6.68. The van der Waals surface area contributed by atoms with Gasteiger partial charge in [-0.05, 0) is 30.5 Å². The number of carbonyl (C=O) groups excluding carboxylic acids is 2. The lowest BCUT2D eigenvalue weighted by Gasteiger charge is -2.42. The fraction of sp³-hybridized carbons (Fsp3) is 0.471. The average molecular weight is 328 g/mol. The summed E-state index contributed by atoms with van der Waals surface area (Å²) in [5.74, 6) is 0.469. The Kier molecular flexibility index (Phi) is 3.44. The molecule has 0 aliphatic carbocycles. The number of carbonyl (C=O) groups is 2. The molecule has 1 N–H and O–H groups in total. The van der Waals surface area contributed by atoms with Gasteiger partial charge in [-0.1, -0.05) is 0 Å². The standard InChI is InChI=1S/C17H20N4O3/c1-20-11-12(10-18-20)13-9-15(22)19-17(13)4-6-21(7-5-17)16(23)14-3-2-8-24-14/h2-3,8,10-11,13H,4-7,9H2,1H3,(H,19,22)/t13-/m1/s1. The lowest BCUT2D eigenvalue weighted by atomic mass is 9.75. The molecule has 0 radical (unpaired) electrons. The van der Waals surface area contributed by atoms with Gasteiger partial charge in [0, 0.05) is 38.7 Å². The number of aryl methyl sites for hydroxylation is 1. The molecule has 1 atom stereocenters. The van der Waals surface area contributed by atoms with Crippen molar-refractivity contribution >= 4 is 11.8 Å². The molecule has 4 heterocycles. The highest BCUT2D eigenvalue weighted by molar-refractivity contribution is 5.91. The Balaban J connectivity index is 1.52. The van der Waals surface area contributed by atoms with Gasteiger partial charge < -0.3 is 14.6 Å². The van der Waals surface area contributed by atoms with Crippen LogP contribution in [0, 0.1) is 0 Å². The van der Waals surface area contributed by atoms with Gasteiger partial charge in [0.15, 0.2) is 5.76 Å². The largest absolute Gasteiger partial charge is 0.459 e. The third kappa shape index (κ3) is 2.40. The summed E-state index contributed by atoms with van der Waals surface area (Å²) < 4.78 is 6.97. The molecule has 2 aromatic rings. The van der Waals surface area contributed by atoms with E-state index in [0.717, 1.165) is 18.4 Å². The van der Waals surface area contributed by atoms with Gasteiger partial charge in [-0.15, -0.1) is 0 Å². The first-order valence-corrected chi connectivity index (χ1v) is 8.20. The summed E-state index contributed by atoms with van der Waals surface area (Å²) in [4.78, 5) is 26.3. The van der Waals surface area contributed by atoms with Crippen LogP contribution >= 0.6 is 0 Å². The first-order valence-electron chi connectivity index (χ1n) is 8.20. The molecule has 0 bridgehead atoms. The topological polar surface area (TPSA) is 80.4 Å². The molecule has 2 saturated heterocycles. The maximum Gasteiger partial charge on any atom is 0.289 e. The quantitative estimate of drug-likeness (QED) is 0.901. The fourth-order valence-electron chi connectivity index (χ4n) is 3.99. The number of likely N-dealkylation sites (tertiary alicyclic amines) is 1. The van der Waals surface area contributed by atoms with Crippen molar-refractivity contribution in [3.05, 3.63) is 42.1 Å². The van der Waals surface area contributed by atoms with Crippen LogP contribution in [0.15, 0.2) is 35.2 Å². The molecule has 2 aliphatic rings. The van der Waals surface area contributed by atoms with Crippen LogP contribution in [0.1, 0.15) is 41.3 Å². The minimum Gasteiger partial charge on any atom is -0.459 e. The van der Waals surface area contributed by atoms with Crippen LogP contribution in [0.5, 0.6) is 0 Å². The Morgan fingerprint density at radius 2 is 2.21 bits per heavy atom. The fourth-order valence-corrected chi connectivity index (χ4v) is 3.99. The van der Waals surface area contributed by atoms with Gasteiger partial charge in [-0.25, -0.2) is 0 Å². The molecule has 0 unspecified atom stereocenters. The van der Waals surface area contributed by atoms with Crippen LogP contribution in [0.4, 0.5) is 0 Å². The van der Waals surface area contributed by atoms with E-state index in [1.165, 1.54) is 6.26 Å². The molecular formula is C17H20N4O3. The summed E-state index contributed by atoms with van der Waals surface area (Å²) in [5, 5.41) is 7.43. The Hall–Kier alpha value is -2.57. The van der Waals surface area contributed by atoms with Gasteiger partial charge in [0.2, 0.25) is 5.91 Å². The number of hydrogen-bond donors (Lipinski definition) is 1. The molecule has 0 saturated carbocycles. The third-order valence-corrected chi connectivity index (χ3v) is 5.25. The van der Waals surface area contributed by atoms with Crippen molar-refractivity contribution in [2.75, 3.05) is 13.1 Å². The highest BCUT2D eigenvalue weighted by Gasteiger charge is 2.49.